The van der Waals surface area contributed by atoms with Gasteiger partial charge in [-0.3, -0.25) is 25.2 Å². The van der Waals surface area contributed by atoms with Crippen LogP contribution in [0.15, 0.2) is 52.0 Å². The van der Waals surface area contributed by atoms with Crippen LogP contribution in [0.1, 0.15) is 61.0 Å². The molecule has 9 nitrogen and oxygen atoms in total. The van der Waals surface area contributed by atoms with Gasteiger partial charge in [-0.1, -0.05) is 23.2 Å². The second kappa shape index (κ2) is 10.8. The van der Waals surface area contributed by atoms with Gasteiger partial charge in [-0.15, -0.1) is 0 Å². The Morgan fingerprint density at radius 2 is 1.69 bits per heavy atom. The van der Waals surface area contributed by atoms with E-state index in [4.69, 9.17) is 32.4 Å². The molecule has 1 aromatic heterocycles. The van der Waals surface area contributed by atoms with Gasteiger partial charge in [0, 0.05) is 28.1 Å². The van der Waals surface area contributed by atoms with E-state index in [1.807, 2.05) is 0 Å². The predicted octanol–water partition coefficient (Wildman–Crippen LogP) is 4.45. The minimum atomic E-state index is -0.611. The number of ether oxygens (including phenoxy) is 1. The first-order chi connectivity index (χ1) is 17.3. The molecule has 0 atom stereocenters. The van der Waals surface area contributed by atoms with Crippen molar-refractivity contribution >= 4 is 46.6 Å². The maximum absolute atomic E-state index is 12.8. The molecule has 3 amide bonds. The number of amides is 3. The normalized spacial score (nSPS) is 13.6. The third kappa shape index (κ3) is 5.37. The van der Waals surface area contributed by atoms with Gasteiger partial charge in [0.25, 0.3) is 11.8 Å². The Balaban J connectivity index is 1.47. The van der Waals surface area contributed by atoms with Crippen LogP contribution in [0.4, 0.5) is 0 Å². The van der Waals surface area contributed by atoms with Crippen LogP contribution < -0.4 is 21.0 Å². The highest BCUT2D eigenvalue weighted by atomic mass is 35.5. The van der Waals surface area contributed by atoms with Crippen LogP contribution in [-0.4, -0.2) is 30.5 Å². The first-order valence-corrected chi connectivity index (χ1v) is 11.7. The van der Waals surface area contributed by atoms with E-state index in [-0.39, 0.29) is 16.3 Å². The number of halogens is 2. The van der Waals surface area contributed by atoms with Crippen LogP contribution >= 0.6 is 23.2 Å². The van der Waals surface area contributed by atoms with Crippen molar-refractivity contribution in [2.24, 2.45) is 5.10 Å². The standard InChI is InChI=1S/C25H22Cl2N4O5/c1-13-21-19(28-30-24(33)17-11-8-15(26)12-18(17)27)4-3-5-20(21)36-22(13)25(34)31-29-23(32)14-6-9-16(35-2)10-7-14/h6-12H,3-5H2,1-2H3,(H,29,32)(H,30,33)(H,31,34)/b28-19+. The SMILES string of the molecule is COc1ccc(C(=O)NNC(=O)c2oc3c(c2C)/C(=N/NC(=O)c2ccc(Cl)cc2Cl)CCC3)cc1. The summed E-state index contributed by atoms with van der Waals surface area (Å²) < 4.78 is 10.9. The number of hydrogen-bond acceptors (Lipinski definition) is 6. The van der Waals surface area contributed by atoms with E-state index in [1.165, 1.54) is 19.2 Å². The van der Waals surface area contributed by atoms with Gasteiger partial charge in [0.05, 0.1) is 23.4 Å². The summed E-state index contributed by atoms with van der Waals surface area (Å²) in [6, 6.07) is 11.0. The molecule has 3 N–H and O–H groups in total. The summed E-state index contributed by atoms with van der Waals surface area (Å²) in [5.41, 5.74) is 9.64. The number of aryl methyl sites for hydroxylation is 1. The lowest BCUT2D eigenvalue weighted by Crippen LogP contribution is -2.41. The van der Waals surface area contributed by atoms with E-state index in [0.717, 1.165) is 6.42 Å². The van der Waals surface area contributed by atoms with Gasteiger partial charge in [-0.25, -0.2) is 5.43 Å². The largest absolute Gasteiger partial charge is 0.497 e. The molecule has 0 saturated carbocycles. The summed E-state index contributed by atoms with van der Waals surface area (Å²) in [6.45, 7) is 1.72. The van der Waals surface area contributed by atoms with E-state index >= 15 is 0 Å². The van der Waals surface area contributed by atoms with Crippen molar-refractivity contribution in [3.63, 3.8) is 0 Å². The molecule has 4 rings (SSSR count). The van der Waals surface area contributed by atoms with Crippen LogP contribution in [0.2, 0.25) is 10.0 Å². The van der Waals surface area contributed by atoms with E-state index in [9.17, 15) is 14.4 Å². The Bertz CT molecular complexity index is 1370. The number of carbonyl (C=O) groups is 3. The molecule has 3 aromatic rings. The number of benzene rings is 2. The zero-order valence-electron chi connectivity index (χ0n) is 19.4. The number of nitrogens with one attached hydrogen (secondary N) is 3. The van der Waals surface area contributed by atoms with Crippen LogP contribution in [0.25, 0.3) is 0 Å². The van der Waals surface area contributed by atoms with Crippen LogP contribution in [0.3, 0.4) is 0 Å². The highest BCUT2D eigenvalue weighted by Gasteiger charge is 2.28. The van der Waals surface area contributed by atoms with Crippen molar-refractivity contribution in [3.8, 4) is 5.75 Å². The number of rotatable bonds is 5. The summed E-state index contributed by atoms with van der Waals surface area (Å²) in [5, 5.41) is 4.90. The van der Waals surface area contributed by atoms with Gasteiger partial charge in [0.15, 0.2) is 5.76 Å². The number of hydrogen-bond donors (Lipinski definition) is 3. The number of hydrazine groups is 1. The summed E-state index contributed by atoms with van der Waals surface area (Å²) in [4.78, 5) is 37.7. The lowest BCUT2D eigenvalue weighted by molar-refractivity contribution is 0.0829. The van der Waals surface area contributed by atoms with Crippen molar-refractivity contribution in [1.82, 2.24) is 16.3 Å². The van der Waals surface area contributed by atoms with Crippen molar-refractivity contribution < 1.29 is 23.5 Å². The first kappa shape index (κ1) is 25.3. The molecule has 1 heterocycles. The fourth-order valence-electron chi connectivity index (χ4n) is 3.83. The number of nitrogens with zero attached hydrogens (tertiary/aromatic N) is 1. The Kier molecular flexibility index (Phi) is 7.61. The number of methoxy groups -OCH3 is 1. The summed E-state index contributed by atoms with van der Waals surface area (Å²) >= 11 is 12.0. The molecule has 0 bridgehead atoms. The summed E-state index contributed by atoms with van der Waals surface area (Å²) in [7, 11) is 1.53. The molecule has 0 fully saturated rings. The Hall–Kier alpha value is -3.82. The molecule has 0 unspecified atom stereocenters. The average Bonchev–Trinajstić information content (AvgIpc) is 3.22. The summed E-state index contributed by atoms with van der Waals surface area (Å²) in [6.07, 6.45) is 1.92. The number of carbonyl (C=O) groups excluding carboxylic acids is 3. The molecule has 1 aliphatic rings. The highest BCUT2D eigenvalue weighted by Crippen LogP contribution is 2.30. The smallest absolute Gasteiger partial charge is 0.305 e. The monoisotopic (exact) mass is 528 g/mol. The van der Waals surface area contributed by atoms with Gasteiger partial charge in [0.1, 0.15) is 11.5 Å². The molecule has 2 aromatic carbocycles. The van der Waals surface area contributed by atoms with Crippen molar-refractivity contribution in [1.29, 1.82) is 0 Å². The first-order valence-electron chi connectivity index (χ1n) is 11.0. The molecule has 0 radical (unpaired) electrons. The molecule has 11 heteroatoms. The molecule has 0 saturated heterocycles. The van der Waals surface area contributed by atoms with Gasteiger partial charge in [-0.2, -0.15) is 5.10 Å². The minimum Gasteiger partial charge on any atom is -0.497 e. The highest BCUT2D eigenvalue weighted by molar-refractivity contribution is 6.36. The minimum absolute atomic E-state index is 0.0525. The zero-order valence-corrected chi connectivity index (χ0v) is 20.9. The van der Waals surface area contributed by atoms with Gasteiger partial charge in [0.2, 0.25) is 0 Å². The zero-order chi connectivity index (χ0) is 25.8. The molecule has 36 heavy (non-hydrogen) atoms. The van der Waals surface area contributed by atoms with Crippen LogP contribution in [0, 0.1) is 6.92 Å². The fraction of sp³-hybridized carbons (Fsp3) is 0.200. The van der Waals surface area contributed by atoms with Crippen LogP contribution in [-0.2, 0) is 6.42 Å². The number of hydrazone groups is 1. The van der Waals surface area contributed by atoms with E-state index in [1.54, 1.807) is 37.3 Å². The van der Waals surface area contributed by atoms with Crippen LogP contribution in [0.5, 0.6) is 5.75 Å². The van der Waals surface area contributed by atoms with Gasteiger partial charge in [-0.05, 0) is 62.2 Å². The lowest BCUT2D eigenvalue weighted by Gasteiger charge is -2.13. The Labute approximate surface area is 216 Å². The van der Waals surface area contributed by atoms with Crippen molar-refractivity contribution in [2.45, 2.75) is 26.2 Å². The molecule has 186 valence electrons. The molecule has 0 aliphatic heterocycles. The quantitative estimate of drug-likeness (QED) is 0.422. The number of furan rings is 1. The van der Waals surface area contributed by atoms with E-state index in [2.05, 4.69) is 21.4 Å². The molecule has 1 aliphatic carbocycles. The average molecular weight is 529 g/mol. The van der Waals surface area contributed by atoms with E-state index < -0.39 is 17.7 Å². The maximum Gasteiger partial charge on any atom is 0.305 e. The summed E-state index contributed by atoms with van der Waals surface area (Å²) in [5.74, 6) is -0.348. The predicted molar refractivity (Wildman–Crippen MR) is 135 cm³/mol. The number of fused-ring (bicyclic) bond motifs is 1. The fourth-order valence-corrected chi connectivity index (χ4v) is 4.33. The van der Waals surface area contributed by atoms with Crippen molar-refractivity contribution in [2.75, 3.05) is 7.11 Å². The lowest BCUT2D eigenvalue weighted by atomic mass is 9.93. The van der Waals surface area contributed by atoms with Crippen molar-refractivity contribution in [3.05, 3.63) is 86.3 Å². The second-order valence-electron chi connectivity index (χ2n) is 7.97. The molecule has 0 spiro atoms. The third-order valence-corrected chi connectivity index (χ3v) is 6.19. The van der Waals surface area contributed by atoms with Gasteiger partial charge < -0.3 is 9.15 Å². The molecular formula is C25H22Cl2N4O5. The Morgan fingerprint density at radius 1 is 0.972 bits per heavy atom. The Morgan fingerprint density at radius 3 is 2.39 bits per heavy atom. The second-order valence-corrected chi connectivity index (χ2v) is 8.81. The molecular weight excluding hydrogens is 507 g/mol. The maximum atomic E-state index is 12.8. The topological polar surface area (TPSA) is 122 Å². The van der Waals surface area contributed by atoms with Gasteiger partial charge >= 0.3 is 5.91 Å². The third-order valence-electron chi connectivity index (χ3n) is 5.64. The van der Waals surface area contributed by atoms with E-state index in [0.29, 0.717) is 51.8 Å².